The molecule has 2 aromatic carbocycles. The highest BCUT2D eigenvalue weighted by molar-refractivity contribution is 6.11. The lowest BCUT2D eigenvalue weighted by Gasteiger charge is -2.21. The van der Waals surface area contributed by atoms with Crippen LogP contribution < -0.4 is 10.2 Å². The number of nitrogens with zero attached hydrogens (tertiary/aromatic N) is 2. The Balaban J connectivity index is 1.97. The molecule has 116 valence electrons. The van der Waals surface area contributed by atoms with E-state index in [0.717, 1.165) is 0 Å². The van der Waals surface area contributed by atoms with Gasteiger partial charge in [0.2, 0.25) is 0 Å². The van der Waals surface area contributed by atoms with Gasteiger partial charge in [0.15, 0.2) is 0 Å². The van der Waals surface area contributed by atoms with E-state index in [9.17, 15) is 19.7 Å². The van der Waals surface area contributed by atoms with Gasteiger partial charge in [0, 0.05) is 30.8 Å². The van der Waals surface area contributed by atoms with E-state index in [-0.39, 0.29) is 17.5 Å². The number of hydrogen-bond acceptors (Lipinski definition) is 4. The van der Waals surface area contributed by atoms with Gasteiger partial charge in [-0.3, -0.25) is 19.7 Å². The van der Waals surface area contributed by atoms with Crippen molar-refractivity contribution < 1.29 is 14.5 Å². The first-order chi connectivity index (χ1) is 11.1. The molecular weight excluding hydrogens is 298 g/mol. The molecule has 1 heterocycles. The summed E-state index contributed by atoms with van der Waals surface area (Å²) in [5, 5.41) is 13.4. The molecule has 0 aliphatic carbocycles. The van der Waals surface area contributed by atoms with Gasteiger partial charge in [0.05, 0.1) is 16.2 Å². The van der Waals surface area contributed by atoms with Crippen LogP contribution in [0.2, 0.25) is 0 Å². The molecule has 0 bridgehead atoms. The van der Waals surface area contributed by atoms with Gasteiger partial charge in [-0.15, -0.1) is 0 Å². The van der Waals surface area contributed by atoms with Crippen molar-refractivity contribution in [3.63, 3.8) is 0 Å². The third kappa shape index (κ3) is 2.76. The fourth-order valence-electron chi connectivity index (χ4n) is 2.49. The summed E-state index contributed by atoms with van der Waals surface area (Å²) in [6, 6.07) is 12.3. The molecule has 1 aliphatic rings. The van der Waals surface area contributed by atoms with Gasteiger partial charge in [-0.1, -0.05) is 12.1 Å². The minimum absolute atomic E-state index is 0.0744. The number of benzene rings is 2. The number of amides is 2. The number of anilines is 1. The maximum Gasteiger partial charge on any atom is 0.269 e. The number of carbonyl (C=O) groups is 2. The topological polar surface area (TPSA) is 92.6 Å². The first kappa shape index (κ1) is 14.7. The van der Waals surface area contributed by atoms with Gasteiger partial charge in [0.25, 0.3) is 17.5 Å². The summed E-state index contributed by atoms with van der Waals surface area (Å²) in [5.41, 5.74) is 1.22. The number of rotatable bonds is 2. The Morgan fingerprint density at radius 1 is 1.13 bits per heavy atom. The Morgan fingerprint density at radius 2 is 1.83 bits per heavy atom. The van der Waals surface area contributed by atoms with E-state index in [1.54, 1.807) is 24.3 Å². The van der Waals surface area contributed by atoms with Crippen LogP contribution >= 0.6 is 0 Å². The quantitative estimate of drug-likeness (QED) is 0.678. The van der Waals surface area contributed by atoms with E-state index < -0.39 is 4.92 Å². The van der Waals surface area contributed by atoms with Gasteiger partial charge >= 0.3 is 0 Å². The summed E-state index contributed by atoms with van der Waals surface area (Å²) in [6.07, 6.45) is 0. The summed E-state index contributed by atoms with van der Waals surface area (Å²) >= 11 is 0. The number of carbonyl (C=O) groups excluding carboxylic acids is 2. The van der Waals surface area contributed by atoms with Crippen LogP contribution in [-0.4, -0.2) is 29.8 Å². The van der Waals surface area contributed by atoms with Crippen LogP contribution in [0.4, 0.5) is 11.4 Å². The van der Waals surface area contributed by atoms with Crippen molar-refractivity contribution in [1.29, 1.82) is 0 Å². The lowest BCUT2D eigenvalue weighted by atomic mass is 10.1. The van der Waals surface area contributed by atoms with Crippen molar-refractivity contribution >= 4 is 23.2 Å². The van der Waals surface area contributed by atoms with Crippen molar-refractivity contribution in [2.24, 2.45) is 0 Å². The number of nitrogens with one attached hydrogen (secondary N) is 1. The smallest absolute Gasteiger partial charge is 0.269 e. The first-order valence-electron chi connectivity index (χ1n) is 7.01. The average Bonchev–Trinajstić information content (AvgIpc) is 2.74. The largest absolute Gasteiger partial charge is 0.350 e. The first-order valence-corrected chi connectivity index (χ1v) is 7.01. The molecule has 1 aliphatic heterocycles. The molecule has 0 saturated carbocycles. The molecule has 0 saturated heterocycles. The molecule has 2 aromatic rings. The molecule has 0 fully saturated rings. The molecule has 0 atom stereocenters. The van der Waals surface area contributed by atoms with Gasteiger partial charge in [-0.05, 0) is 24.3 Å². The van der Waals surface area contributed by atoms with E-state index in [1.165, 1.54) is 29.2 Å². The highest BCUT2D eigenvalue weighted by atomic mass is 16.6. The lowest BCUT2D eigenvalue weighted by Crippen LogP contribution is -2.35. The van der Waals surface area contributed by atoms with Gasteiger partial charge in [0.1, 0.15) is 0 Å². The molecule has 0 spiro atoms. The minimum Gasteiger partial charge on any atom is -0.350 e. The second-order valence-corrected chi connectivity index (χ2v) is 5.03. The number of non-ortho nitro benzene ring substituents is 1. The van der Waals surface area contributed by atoms with Crippen LogP contribution in [0.3, 0.4) is 0 Å². The van der Waals surface area contributed by atoms with Crippen molar-refractivity contribution in [2.75, 3.05) is 18.0 Å². The zero-order valence-electron chi connectivity index (χ0n) is 12.1. The Bertz CT molecular complexity index is 786. The average molecular weight is 311 g/mol. The second kappa shape index (κ2) is 5.88. The maximum absolute atomic E-state index is 12.7. The van der Waals surface area contributed by atoms with Crippen LogP contribution in [0.25, 0.3) is 0 Å². The van der Waals surface area contributed by atoms with Crippen molar-refractivity contribution in [3.8, 4) is 0 Å². The monoisotopic (exact) mass is 311 g/mol. The molecular formula is C16H13N3O4. The number of nitro groups is 1. The Labute approximate surface area is 131 Å². The molecule has 23 heavy (non-hydrogen) atoms. The van der Waals surface area contributed by atoms with Gasteiger partial charge in [-0.25, -0.2) is 0 Å². The predicted octanol–water partition coefficient (Wildman–Crippen LogP) is 1.98. The number of para-hydroxylation sites is 1. The molecule has 7 heteroatoms. The third-order valence-corrected chi connectivity index (χ3v) is 3.63. The molecule has 0 unspecified atom stereocenters. The molecule has 3 rings (SSSR count). The highest BCUT2D eigenvalue weighted by Crippen LogP contribution is 2.24. The molecule has 7 nitrogen and oxygen atoms in total. The van der Waals surface area contributed by atoms with E-state index >= 15 is 0 Å². The third-order valence-electron chi connectivity index (χ3n) is 3.63. The summed E-state index contributed by atoms with van der Waals surface area (Å²) in [7, 11) is 0. The Hall–Kier alpha value is -3.22. The SMILES string of the molecule is O=C1NCCN(C(=O)c2ccc([N+](=O)[O-])cc2)c2ccccc21. The molecule has 2 amide bonds. The van der Waals surface area contributed by atoms with E-state index in [1.807, 2.05) is 0 Å². The van der Waals surface area contributed by atoms with Crippen LogP contribution in [-0.2, 0) is 0 Å². The fourth-order valence-corrected chi connectivity index (χ4v) is 2.49. The molecule has 1 N–H and O–H groups in total. The summed E-state index contributed by atoms with van der Waals surface area (Å²) in [4.78, 5) is 36.4. The zero-order valence-corrected chi connectivity index (χ0v) is 12.1. The minimum atomic E-state index is -0.516. The standard InChI is InChI=1S/C16H13N3O4/c20-15-13-3-1-2-4-14(13)18(10-9-17-15)16(21)11-5-7-12(8-6-11)19(22)23/h1-8H,9-10H2,(H,17,20). The summed E-state index contributed by atoms with van der Waals surface area (Å²) < 4.78 is 0. The fraction of sp³-hybridized carbons (Fsp3) is 0.125. The Kier molecular flexibility index (Phi) is 3.76. The highest BCUT2D eigenvalue weighted by Gasteiger charge is 2.25. The van der Waals surface area contributed by atoms with Crippen molar-refractivity contribution in [1.82, 2.24) is 5.32 Å². The van der Waals surface area contributed by atoms with Crippen LogP contribution in [0.1, 0.15) is 20.7 Å². The van der Waals surface area contributed by atoms with E-state index in [0.29, 0.717) is 29.9 Å². The molecule has 0 aromatic heterocycles. The number of hydrogen-bond donors (Lipinski definition) is 1. The Morgan fingerprint density at radius 3 is 2.52 bits per heavy atom. The van der Waals surface area contributed by atoms with Crippen LogP contribution in [0, 0.1) is 10.1 Å². The van der Waals surface area contributed by atoms with E-state index in [4.69, 9.17) is 0 Å². The number of nitro benzene ring substituents is 1. The number of fused-ring (bicyclic) bond motifs is 1. The molecule has 0 radical (unpaired) electrons. The summed E-state index contributed by atoms with van der Waals surface area (Å²) in [5.74, 6) is -0.525. The lowest BCUT2D eigenvalue weighted by molar-refractivity contribution is -0.384. The maximum atomic E-state index is 12.7. The zero-order chi connectivity index (χ0) is 16.4. The van der Waals surface area contributed by atoms with Crippen molar-refractivity contribution in [3.05, 3.63) is 69.8 Å². The van der Waals surface area contributed by atoms with Crippen LogP contribution in [0.15, 0.2) is 48.5 Å². The van der Waals surface area contributed by atoms with Gasteiger partial charge < -0.3 is 10.2 Å². The second-order valence-electron chi connectivity index (χ2n) is 5.03. The van der Waals surface area contributed by atoms with Crippen molar-refractivity contribution in [2.45, 2.75) is 0 Å². The van der Waals surface area contributed by atoms with Gasteiger partial charge in [-0.2, -0.15) is 0 Å². The predicted molar refractivity (Wildman–Crippen MR) is 83.5 cm³/mol. The van der Waals surface area contributed by atoms with E-state index in [2.05, 4.69) is 5.32 Å². The summed E-state index contributed by atoms with van der Waals surface area (Å²) in [6.45, 7) is 0.671. The normalized spacial score (nSPS) is 13.7. The van der Waals surface area contributed by atoms with Crippen LogP contribution in [0.5, 0.6) is 0 Å².